The van der Waals surface area contributed by atoms with E-state index in [1.54, 1.807) is 30.0 Å². The third-order valence-electron chi connectivity index (χ3n) is 4.56. The Hall–Kier alpha value is -2.23. The summed E-state index contributed by atoms with van der Waals surface area (Å²) in [6.45, 7) is 3.76. The third kappa shape index (κ3) is 4.20. The van der Waals surface area contributed by atoms with Crippen LogP contribution in [0.3, 0.4) is 0 Å². The second kappa shape index (κ2) is 8.20. The van der Waals surface area contributed by atoms with Crippen LogP contribution in [-0.4, -0.2) is 55.2 Å². The number of carbonyl (C=O) groups excluding carboxylic acids is 1. The highest BCUT2D eigenvalue weighted by Gasteiger charge is 2.30. The molecule has 1 aliphatic rings. The lowest BCUT2D eigenvalue weighted by Gasteiger charge is -2.26. The maximum atomic E-state index is 12.9. The molecule has 0 aliphatic carbocycles. The Bertz CT molecular complexity index is 906. The van der Waals surface area contributed by atoms with E-state index in [1.807, 2.05) is 19.1 Å². The second-order valence-electron chi connectivity index (χ2n) is 6.33. The second-order valence-corrected chi connectivity index (χ2v) is 8.27. The maximum absolute atomic E-state index is 12.9. The Kier molecular flexibility index (Phi) is 5.93. The van der Waals surface area contributed by atoms with E-state index in [2.05, 4.69) is 10.4 Å². The number of aromatic nitrogens is 2. The number of fused-ring (bicyclic) bond motifs is 1. The van der Waals surface area contributed by atoms with Crippen LogP contribution in [0.1, 0.15) is 28.7 Å². The highest BCUT2D eigenvalue weighted by molar-refractivity contribution is 7.89. The first-order valence-corrected chi connectivity index (χ1v) is 10.3. The van der Waals surface area contributed by atoms with E-state index in [4.69, 9.17) is 4.74 Å². The fraction of sp³-hybridized carbons (Fsp3) is 0.444. The Balaban J connectivity index is 1.74. The summed E-state index contributed by atoms with van der Waals surface area (Å²) in [7, 11) is -2.02. The molecule has 1 aromatic carbocycles. The smallest absolute Gasteiger partial charge is 0.271 e. The van der Waals surface area contributed by atoms with Crippen molar-refractivity contribution in [3.05, 3.63) is 47.3 Å². The van der Waals surface area contributed by atoms with E-state index in [1.165, 1.54) is 4.31 Å². The molecule has 0 unspecified atom stereocenters. The SMILES string of the molecule is CCc1ccc(S(=O)(=O)N2CCn3nc(C(=O)NCCOC)cc3C2)cc1. The van der Waals surface area contributed by atoms with E-state index in [-0.39, 0.29) is 23.0 Å². The van der Waals surface area contributed by atoms with Gasteiger partial charge in [-0.25, -0.2) is 8.42 Å². The van der Waals surface area contributed by atoms with Crippen molar-refractivity contribution in [1.29, 1.82) is 0 Å². The Labute approximate surface area is 159 Å². The minimum absolute atomic E-state index is 0.191. The maximum Gasteiger partial charge on any atom is 0.271 e. The molecule has 1 aromatic heterocycles. The van der Waals surface area contributed by atoms with Gasteiger partial charge in [-0.15, -0.1) is 0 Å². The number of hydrogen-bond donors (Lipinski definition) is 1. The molecule has 27 heavy (non-hydrogen) atoms. The zero-order chi connectivity index (χ0) is 19.4. The number of nitrogens with zero attached hydrogens (tertiary/aromatic N) is 3. The summed E-state index contributed by atoms with van der Waals surface area (Å²) in [5.41, 5.74) is 2.08. The fourth-order valence-electron chi connectivity index (χ4n) is 2.96. The van der Waals surface area contributed by atoms with E-state index in [0.717, 1.165) is 12.0 Å². The summed E-state index contributed by atoms with van der Waals surface area (Å²) in [6, 6.07) is 8.61. The minimum atomic E-state index is -3.58. The number of rotatable bonds is 7. The minimum Gasteiger partial charge on any atom is -0.383 e. The van der Waals surface area contributed by atoms with Crippen molar-refractivity contribution in [3.8, 4) is 0 Å². The molecule has 8 nitrogen and oxygen atoms in total. The quantitative estimate of drug-likeness (QED) is 0.711. The summed E-state index contributed by atoms with van der Waals surface area (Å²) < 4.78 is 33.9. The van der Waals surface area contributed by atoms with Gasteiger partial charge in [0, 0.05) is 20.2 Å². The number of sulfonamides is 1. The molecule has 3 rings (SSSR count). The first kappa shape index (κ1) is 19.5. The molecule has 1 N–H and O–H groups in total. The number of ether oxygens (including phenoxy) is 1. The number of hydrogen-bond acceptors (Lipinski definition) is 5. The molecule has 9 heteroatoms. The monoisotopic (exact) mass is 392 g/mol. The normalized spacial score (nSPS) is 14.7. The lowest BCUT2D eigenvalue weighted by molar-refractivity contribution is 0.0931. The standard InChI is InChI=1S/C18H24N4O4S/c1-3-14-4-6-16(7-5-14)27(24,25)21-9-10-22-15(13-21)12-17(20-22)18(23)19-8-11-26-2/h4-7,12H,3,8-11,13H2,1-2H3,(H,19,23). The lowest BCUT2D eigenvalue weighted by Crippen LogP contribution is -2.38. The number of carbonyl (C=O) groups is 1. The van der Waals surface area contributed by atoms with Crippen molar-refractivity contribution in [1.82, 2.24) is 19.4 Å². The fourth-order valence-corrected chi connectivity index (χ4v) is 4.36. The molecule has 0 bridgehead atoms. The summed E-state index contributed by atoms with van der Waals surface area (Å²) >= 11 is 0. The van der Waals surface area contributed by atoms with Crippen LogP contribution in [0, 0.1) is 0 Å². The van der Waals surface area contributed by atoms with Gasteiger partial charge >= 0.3 is 0 Å². The summed E-state index contributed by atoms with van der Waals surface area (Å²) in [6.07, 6.45) is 0.860. The molecule has 2 aromatic rings. The van der Waals surface area contributed by atoms with Crippen LogP contribution in [0.25, 0.3) is 0 Å². The van der Waals surface area contributed by atoms with Crippen molar-refractivity contribution >= 4 is 15.9 Å². The van der Waals surface area contributed by atoms with Gasteiger partial charge in [0.2, 0.25) is 10.0 Å². The molecule has 146 valence electrons. The van der Waals surface area contributed by atoms with Gasteiger partial charge in [-0.2, -0.15) is 9.40 Å². The van der Waals surface area contributed by atoms with Gasteiger partial charge in [0.1, 0.15) is 5.69 Å². The molecule has 0 radical (unpaired) electrons. The van der Waals surface area contributed by atoms with Crippen LogP contribution in [0.5, 0.6) is 0 Å². The van der Waals surface area contributed by atoms with Gasteiger partial charge in [-0.05, 0) is 30.2 Å². The van der Waals surface area contributed by atoms with Gasteiger partial charge in [-0.3, -0.25) is 9.48 Å². The summed E-state index contributed by atoms with van der Waals surface area (Å²) in [5.74, 6) is -0.293. The Morgan fingerprint density at radius 3 is 2.67 bits per heavy atom. The molecule has 0 saturated carbocycles. The van der Waals surface area contributed by atoms with Crippen LogP contribution >= 0.6 is 0 Å². The van der Waals surface area contributed by atoms with Crippen molar-refractivity contribution < 1.29 is 17.9 Å². The third-order valence-corrected chi connectivity index (χ3v) is 6.42. The summed E-state index contributed by atoms with van der Waals surface area (Å²) in [4.78, 5) is 12.4. The Morgan fingerprint density at radius 2 is 2.00 bits per heavy atom. The molecular weight excluding hydrogens is 368 g/mol. The zero-order valence-corrected chi connectivity index (χ0v) is 16.3. The number of methoxy groups -OCH3 is 1. The molecule has 1 amide bonds. The van der Waals surface area contributed by atoms with Crippen LogP contribution < -0.4 is 5.32 Å². The van der Waals surface area contributed by atoms with Crippen molar-refractivity contribution in [3.63, 3.8) is 0 Å². The molecule has 0 fully saturated rings. The first-order chi connectivity index (χ1) is 13.0. The van der Waals surface area contributed by atoms with Gasteiger partial charge in [0.05, 0.1) is 30.3 Å². The van der Waals surface area contributed by atoms with Gasteiger partial charge in [-0.1, -0.05) is 19.1 Å². The van der Waals surface area contributed by atoms with E-state index in [9.17, 15) is 13.2 Å². The highest BCUT2D eigenvalue weighted by atomic mass is 32.2. The average Bonchev–Trinajstić information content (AvgIpc) is 3.11. The van der Waals surface area contributed by atoms with Crippen LogP contribution in [-0.2, 0) is 34.3 Å². The number of nitrogens with one attached hydrogen (secondary N) is 1. The van der Waals surface area contributed by atoms with E-state index < -0.39 is 10.0 Å². The summed E-state index contributed by atoms with van der Waals surface area (Å²) in [5, 5.41) is 7.00. The van der Waals surface area contributed by atoms with Gasteiger partial charge < -0.3 is 10.1 Å². The van der Waals surface area contributed by atoms with Crippen molar-refractivity contribution in [2.24, 2.45) is 0 Å². The van der Waals surface area contributed by atoms with Crippen LogP contribution in [0.2, 0.25) is 0 Å². The van der Waals surface area contributed by atoms with E-state index >= 15 is 0 Å². The van der Waals surface area contributed by atoms with Crippen molar-refractivity contribution in [2.45, 2.75) is 31.3 Å². The molecular formula is C18H24N4O4S. The zero-order valence-electron chi connectivity index (χ0n) is 15.5. The first-order valence-electron chi connectivity index (χ1n) is 8.88. The topological polar surface area (TPSA) is 93.5 Å². The van der Waals surface area contributed by atoms with Crippen LogP contribution in [0.4, 0.5) is 0 Å². The van der Waals surface area contributed by atoms with Gasteiger partial charge in [0.15, 0.2) is 0 Å². The van der Waals surface area contributed by atoms with Gasteiger partial charge in [0.25, 0.3) is 5.91 Å². The molecule has 1 aliphatic heterocycles. The predicted octanol–water partition coefficient (Wildman–Crippen LogP) is 1.03. The van der Waals surface area contributed by atoms with E-state index in [0.29, 0.717) is 31.9 Å². The molecule has 2 heterocycles. The van der Waals surface area contributed by atoms with Crippen LogP contribution in [0.15, 0.2) is 35.2 Å². The molecule has 0 saturated heterocycles. The molecule has 0 atom stereocenters. The highest BCUT2D eigenvalue weighted by Crippen LogP contribution is 2.22. The Morgan fingerprint density at radius 1 is 1.26 bits per heavy atom. The lowest BCUT2D eigenvalue weighted by atomic mass is 10.2. The number of aryl methyl sites for hydroxylation is 1. The predicted molar refractivity (Wildman–Crippen MR) is 99.9 cm³/mol. The van der Waals surface area contributed by atoms with Crippen molar-refractivity contribution in [2.75, 3.05) is 26.8 Å². The number of amides is 1. The number of benzene rings is 1. The molecule has 0 spiro atoms. The average molecular weight is 392 g/mol. The largest absolute Gasteiger partial charge is 0.383 e.